The van der Waals surface area contributed by atoms with Crippen LogP contribution in [0.1, 0.15) is 36.5 Å². The Morgan fingerprint density at radius 1 is 1.22 bits per heavy atom. The van der Waals surface area contributed by atoms with Crippen LogP contribution in [-0.2, 0) is 23.4 Å². The van der Waals surface area contributed by atoms with Gasteiger partial charge in [0.2, 0.25) is 0 Å². The Morgan fingerprint density at radius 3 is 2.89 bits per heavy atom. The topological polar surface area (TPSA) is 38.3 Å². The highest BCUT2D eigenvalue weighted by atomic mass is 35.5. The van der Waals surface area contributed by atoms with Crippen molar-refractivity contribution >= 4 is 29.3 Å². The van der Waals surface area contributed by atoms with Crippen molar-refractivity contribution in [3.63, 3.8) is 0 Å². The van der Waals surface area contributed by atoms with Crippen molar-refractivity contribution in [2.75, 3.05) is 12.3 Å². The molecule has 0 fully saturated rings. The molecule has 0 aromatic heterocycles. The summed E-state index contributed by atoms with van der Waals surface area (Å²) in [4.78, 5) is 12.3. The second-order valence-corrected chi connectivity index (χ2v) is 8.38. The molecule has 3 nitrogen and oxygen atoms in total. The first kappa shape index (κ1) is 20.1. The van der Waals surface area contributed by atoms with E-state index in [1.54, 1.807) is 11.8 Å². The van der Waals surface area contributed by atoms with E-state index in [-0.39, 0.29) is 5.91 Å². The average molecular weight is 404 g/mol. The van der Waals surface area contributed by atoms with E-state index in [0.717, 1.165) is 35.1 Å². The lowest BCUT2D eigenvalue weighted by Gasteiger charge is -2.22. The van der Waals surface area contributed by atoms with Crippen LogP contribution in [0.2, 0.25) is 5.02 Å². The smallest absolute Gasteiger partial charge is 0.260 e. The maximum atomic E-state index is 12.3. The third-order valence-electron chi connectivity index (χ3n) is 4.73. The molecule has 1 aliphatic carbocycles. The van der Waals surface area contributed by atoms with Crippen molar-refractivity contribution in [1.82, 2.24) is 5.32 Å². The van der Waals surface area contributed by atoms with Crippen molar-refractivity contribution in [3.05, 3.63) is 64.2 Å². The van der Waals surface area contributed by atoms with Gasteiger partial charge < -0.3 is 10.1 Å². The quantitative estimate of drug-likeness (QED) is 0.628. The maximum absolute atomic E-state index is 12.3. The number of hydrogen-bond donors (Lipinski definition) is 1. The largest absolute Gasteiger partial charge is 0.481 e. The summed E-state index contributed by atoms with van der Waals surface area (Å²) in [6, 6.07) is 14.1. The monoisotopic (exact) mass is 403 g/mol. The maximum Gasteiger partial charge on any atom is 0.260 e. The summed E-state index contributed by atoms with van der Waals surface area (Å²) < 4.78 is 5.98. The number of rotatable bonds is 8. The van der Waals surface area contributed by atoms with E-state index in [9.17, 15) is 4.79 Å². The number of amides is 1. The van der Waals surface area contributed by atoms with Gasteiger partial charge in [-0.15, -0.1) is 0 Å². The van der Waals surface area contributed by atoms with Crippen LogP contribution in [0, 0.1) is 0 Å². The molecular weight excluding hydrogens is 378 g/mol. The number of halogens is 1. The number of benzene rings is 2. The van der Waals surface area contributed by atoms with E-state index < -0.39 is 6.10 Å². The summed E-state index contributed by atoms with van der Waals surface area (Å²) in [5.74, 6) is 2.54. The Morgan fingerprint density at radius 2 is 2.04 bits per heavy atom. The molecule has 1 atom stereocenters. The van der Waals surface area contributed by atoms with Crippen molar-refractivity contribution in [1.29, 1.82) is 0 Å². The third kappa shape index (κ3) is 5.91. The lowest BCUT2D eigenvalue weighted by atomic mass is 9.91. The van der Waals surface area contributed by atoms with Gasteiger partial charge in [-0.2, -0.15) is 11.8 Å². The zero-order chi connectivity index (χ0) is 19.1. The summed E-state index contributed by atoms with van der Waals surface area (Å²) in [6.07, 6.45) is 4.09. The first-order valence-electron chi connectivity index (χ1n) is 9.51. The average Bonchev–Trinajstić information content (AvgIpc) is 2.68. The Bertz CT molecular complexity index is 781. The molecule has 1 aliphatic rings. The fourth-order valence-corrected chi connectivity index (χ4v) is 4.33. The molecule has 5 heteroatoms. The Hall–Kier alpha value is -1.65. The van der Waals surface area contributed by atoms with Gasteiger partial charge in [-0.25, -0.2) is 0 Å². The Balaban J connectivity index is 1.41. The number of hydrogen-bond acceptors (Lipinski definition) is 3. The summed E-state index contributed by atoms with van der Waals surface area (Å²) in [5.41, 5.74) is 3.84. The molecular formula is C22H26ClNO2S. The normalized spacial score (nSPS) is 14.3. The SMILES string of the molecule is C[C@H](Oc1cccc2c1CCCC2)C(=O)NCCSCc1cccc(Cl)c1. The van der Waals surface area contributed by atoms with Gasteiger partial charge in [0.1, 0.15) is 5.75 Å². The number of nitrogens with one attached hydrogen (secondary N) is 1. The highest BCUT2D eigenvalue weighted by molar-refractivity contribution is 7.98. The van der Waals surface area contributed by atoms with Gasteiger partial charge in [-0.05, 0) is 67.5 Å². The first-order chi connectivity index (χ1) is 13.1. The van der Waals surface area contributed by atoms with Crippen LogP contribution in [0.4, 0.5) is 0 Å². The van der Waals surface area contributed by atoms with Crippen LogP contribution in [0.5, 0.6) is 5.75 Å². The van der Waals surface area contributed by atoms with Crippen LogP contribution in [0.15, 0.2) is 42.5 Å². The van der Waals surface area contributed by atoms with Gasteiger partial charge in [0.25, 0.3) is 5.91 Å². The summed E-state index contributed by atoms with van der Waals surface area (Å²) >= 11 is 7.77. The molecule has 3 rings (SSSR count). The molecule has 0 aliphatic heterocycles. The number of fused-ring (bicyclic) bond motifs is 1. The minimum atomic E-state index is -0.489. The standard InChI is InChI=1S/C22H26ClNO2S/c1-16(26-21-11-5-8-18-7-2-3-10-20(18)21)22(25)24-12-13-27-15-17-6-4-9-19(23)14-17/h4-6,8-9,11,14,16H,2-3,7,10,12-13,15H2,1H3,(H,24,25)/t16-/m0/s1. The fourth-order valence-electron chi connectivity index (χ4n) is 3.31. The molecule has 0 bridgehead atoms. The van der Waals surface area contributed by atoms with Crippen molar-refractivity contribution < 1.29 is 9.53 Å². The highest BCUT2D eigenvalue weighted by Crippen LogP contribution is 2.30. The van der Waals surface area contributed by atoms with Gasteiger partial charge in [0, 0.05) is 23.1 Å². The number of carbonyl (C=O) groups excluding carboxylic acids is 1. The van der Waals surface area contributed by atoms with Gasteiger partial charge >= 0.3 is 0 Å². The van der Waals surface area contributed by atoms with Crippen LogP contribution in [-0.4, -0.2) is 24.3 Å². The molecule has 1 amide bonds. The molecule has 144 valence electrons. The highest BCUT2D eigenvalue weighted by Gasteiger charge is 2.19. The molecule has 0 radical (unpaired) electrons. The molecule has 27 heavy (non-hydrogen) atoms. The zero-order valence-electron chi connectivity index (χ0n) is 15.7. The molecule has 0 saturated heterocycles. The third-order valence-corrected chi connectivity index (χ3v) is 5.99. The predicted octanol–water partition coefficient (Wildman–Crippen LogP) is 5.04. The summed E-state index contributed by atoms with van der Waals surface area (Å²) in [7, 11) is 0. The molecule has 0 unspecified atom stereocenters. The van der Waals surface area contributed by atoms with E-state index in [0.29, 0.717) is 6.54 Å². The van der Waals surface area contributed by atoms with Crippen molar-refractivity contribution in [3.8, 4) is 5.75 Å². The van der Waals surface area contributed by atoms with Crippen molar-refractivity contribution in [2.45, 2.75) is 44.5 Å². The first-order valence-corrected chi connectivity index (χ1v) is 11.0. The Labute approximate surface area is 170 Å². The van der Waals surface area contributed by atoms with Crippen LogP contribution >= 0.6 is 23.4 Å². The number of ether oxygens (including phenoxy) is 1. The molecule has 1 N–H and O–H groups in total. The Kier molecular flexibility index (Phi) is 7.48. The van der Waals surface area contributed by atoms with Crippen LogP contribution in [0.3, 0.4) is 0 Å². The number of carbonyl (C=O) groups is 1. The minimum absolute atomic E-state index is 0.0632. The molecule has 2 aromatic carbocycles. The van der Waals surface area contributed by atoms with E-state index in [4.69, 9.17) is 16.3 Å². The second-order valence-electron chi connectivity index (χ2n) is 6.83. The van der Waals surface area contributed by atoms with Crippen molar-refractivity contribution in [2.24, 2.45) is 0 Å². The van der Waals surface area contributed by atoms with Crippen LogP contribution < -0.4 is 10.1 Å². The zero-order valence-corrected chi connectivity index (χ0v) is 17.2. The molecule has 0 heterocycles. The van der Waals surface area contributed by atoms with E-state index in [1.807, 2.05) is 37.3 Å². The van der Waals surface area contributed by atoms with Gasteiger partial charge in [0.15, 0.2) is 6.10 Å². The molecule has 0 spiro atoms. The number of aryl methyl sites for hydroxylation is 1. The molecule has 0 saturated carbocycles. The van der Waals surface area contributed by atoms with E-state index in [2.05, 4.69) is 17.4 Å². The number of thioether (sulfide) groups is 1. The summed E-state index contributed by atoms with van der Waals surface area (Å²) in [5, 5.41) is 3.73. The van der Waals surface area contributed by atoms with Gasteiger partial charge in [-0.1, -0.05) is 35.9 Å². The lowest BCUT2D eigenvalue weighted by Crippen LogP contribution is -2.37. The second kappa shape index (κ2) is 10.0. The molecule has 2 aromatic rings. The van der Waals surface area contributed by atoms with E-state index >= 15 is 0 Å². The lowest BCUT2D eigenvalue weighted by molar-refractivity contribution is -0.127. The van der Waals surface area contributed by atoms with Gasteiger partial charge in [0.05, 0.1) is 0 Å². The minimum Gasteiger partial charge on any atom is -0.481 e. The summed E-state index contributed by atoms with van der Waals surface area (Å²) in [6.45, 7) is 2.45. The fraction of sp³-hybridized carbons (Fsp3) is 0.409. The predicted molar refractivity (Wildman–Crippen MR) is 114 cm³/mol. The van der Waals surface area contributed by atoms with Gasteiger partial charge in [-0.3, -0.25) is 4.79 Å². The van der Waals surface area contributed by atoms with E-state index in [1.165, 1.54) is 29.5 Å². The van der Waals surface area contributed by atoms with Crippen LogP contribution in [0.25, 0.3) is 0 Å².